The second-order valence-electron chi connectivity index (χ2n) is 5.77. The molecule has 1 unspecified atom stereocenters. The van der Waals surface area contributed by atoms with Gasteiger partial charge in [0.25, 0.3) is 0 Å². The van der Waals surface area contributed by atoms with Crippen molar-refractivity contribution in [1.82, 2.24) is 14.3 Å². The Labute approximate surface area is 134 Å². The normalized spacial score (nSPS) is 19.6. The number of hydrogen-bond acceptors (Lipinski definition) is 5. The fraction of sp³-hybridized carbons (Fsp3) is 0.400. The molecule has 23 heavy (non-hydrogen) atoms. The number of ether oxygens (including phenoxy) is 2. The van der Waals surface area contributed by atoms with E-state index in [0.29, 0.717) is 18.0 Å². The minimum absolute atomic E-state index is 0.127. The van der Waals surface area contributed by atoms with E-state index < -0.39 is 10.0 Å². The maximum absolute atomic E-state index is 12.4. The predicted molar refractivity (Wildman–Crippen MR) is 81.8 cm³/mol. The van der Waals surface area contributed by atoms with Crippen molar-refractivity contribution in [2.24, 2.45) is 5.92 Å². The molecule has 0 saturated heterocycles. The molecule has 0 aliphatic carbocycles. The summed E-state index contributed by atoms with van der Waals surface area (Å²) < 4.78 is 40.1. The maximum Gasteiger partial charge on any atom is 0.240 e. The highest BCUT2D eigenvalue weighted by Crippen LogP contribution is 2.33. The number of aromatic nitrogens is 2. The Kier molecular flexibility index (Phi) is 3.50. The average Bonchev–Trinajstić information content (AvgIpc) is 3.20. The summed E-state index contributed by atoms with van der Waals surface area (Å²) in [4.78, 5) is 4.47. The van der Waals surface area contributed by atoms with E-state index in [1.807, 2.05) is 6.20 Å². The first-order chi connectivity index (χ1) is 11.1. The van der Waals surface area contributed by atoms with E-state index in [4.69, 9.17) is 9.47 Å². The van der Waals surface area contributed by atoms with Crippen LogP contribution in [-0.4, -0.2) is 31.3 Å². The number of nitrogens with zero attached hydrogens (tertiary/aromatic N) is 2. The van der Waals surface area contributed by atoms with E-state index in [2.05, 4.69) is 14.3 Å². The molecular formula is C15H17N3O4S. The molecule has 3 heterocycles. The fourth-order valence-corrected chi connectivity index (χ4v) is 4.09. The van der Waals surface area contributed by atoms with Crippen molar-refractivity contribution in [1.29, 1.82) is 0 Å². The Hall–Kier alpha value is -2.06. The minimum Gasteiger partial charge on any atom is -0.454 e. The summed E-state index contributed by atoms with van der Waals surface area (Å²) in [5.74, 6) is 2.37. The van der Waals surface area contributed by atoms with Crippen LogP contribution in [0.25, 0.3) is 0 Å². The van der Waals surface area contributed by atoms with E-state index in [1.54, 1.807) is 12.3 Å². The lowest BCUT2D eigenvalue weighted by Crippen LogP contribution is -2.33. The molecule has 1 atom stereocenters. The van der Waals surface area contributed by atoms with Gasteiger partial charge in [-0.2, -0.15) is 0 Å². The van der Waals surface area contributed by atoms with Crippen LogP contribution in [0.2, 0.25) is 0 Å². The van der Waals surface area contributed by atoms with Crippen molar-refractivity contribution in [3.8, 4) is 11.5 Å². The van der Waals surface area contributed by atoms with Gasteiger partial charge in [0.2, 0.25) is 16.8 Å². The van der Waals surface area contributed by atoms with Crippen molar-refractivity contribution in [2.75, 3.05) is 13.3 Å². The SMILES string of the molecule is O=S(=O)(NCC1CCc2nccn2C1)c1ccc2c(c1)OCO2. The summed E-state index contributed by atoms with van der Waals surface area (Å²) in [5.41, 5.74) is 0. The van der Waals surface area contributed by atoms with Gasteiger partial charge in [-0.15, -0.1) is 0 Å². The summed E-state index contributed by atoms with van der Waals surface area (Å²) in [6, 6.07) is 4.65. The lowest BCUT2D eigenvalue weighted by molar-refractivity contribution is 0.174. The van der Waals surface area contributed by atoms with Crippen molar-refractivity contribution >= 4 is 10.0 Å². The van der Waals surface area contributed by atoms with Crippen LogP contribution in [0.3, 0.4) is 0 Å². The Morgan fingerprint density at radius 2 is 2.17 bits per heavy atom. The molecule has 0 bridgehead atoms. The van der Waals surface area contributed by atoms with E-state index in [0.717, 1.165) is 25.2 Å². The summed E-state index contributed by atoms with van der Waals surface area (Å²) in [7, 11) is -3.56. The van der Waals surface area contributed by atoms with Gasteiger partial charge in [-0.25, -0.2) is 18.1 Å². The van der Waals surface area contributed by atoms with Gasteiger partial charge in [0.15, 0.2) is 11.5 Å². The molecule has 4 rings (SSSR count). The average molecular weight is 335 g/mol. The summed E-state index contributed by atoms with van der Waals surface area (Å²) >= 11 is 0. The van der Waals surface area contributed by atoms with Gasteiger partial charge < -0.3 is 14.0 Å². The van der Waals surface area contributed by atoms with Gasteiger partial charge in [-0.3, -0.25) is 0 Å². The third kappa shape index (κ3) is 2.79. The summed E-state index contributed by atoms with van der Waals surface area (Å²) in [5, 5.41) is 0. The van der Waals surface area contributed by atoms with Gasteiger partial charge in [-0.05, 0) is 24.5 Å². The Balaban J connectivity index is 1.44. The molecule has 0 spiro atoms. The minimum atomic E-state index is -3.56. The lowest BCUT2D eigenvalue weighted by atomic mass is 10.00. The second-order valence-corrected chi connectivity index (χ2v) is 7.53. The van der Waals surface area contributed by atoms with Gasteiger partial charge >= 0.3 is 0 Å². The van der Waals surface area contributed by atoms with Crippen molar-refractivity contribution in [3.05, 3.63) is 36.4 Å². The molecule has 0 radical (unpaired) electrons. The number of aryl methyl sites for hydroxylation is 1. The molecular weight excluding hydrogens is 318 g/mol. The molecule has 2 aliphatic heterocycles. The van der Waals surface area contributed by atoms with Crippen LogP contribution in [0.15, 0.2) is 35.5 Å². The standard InChI is InChI=1S/C15H17N3O4S/c19-23(20,12-2-3-13-14(7-12)22-10-21-13)17-8-11-1-4-15-16-5-6-18(15)9-11/h2-3,5-7,11,17H,1,4,8-10H2. The van der Waals surface area contributed by atoms with E-state index in [1.165, 1.54) is 12.1 Å². The highest BCUT2D eigenvalue weighted by Gasteiger charge is 2.23. The predicted octanol–water partition coefficient (Wildman–Crippen LogP) is 1.15. The zero-order valence-electron chi connectivity index (χ0n) is 12.4. The molecule has 1 aromatic carbocycles. The third-order valence-corrected chi connectivity index (χ3v) is 5.67. The first-order valence-electron chi connectivity index (χ1n) is 7.51. The quantitative estimate of drug-likeness (QED) is 0.906. The highest BCUT2D eigenvalue weighted by atomic mass is 32.2. The van der Waals surface area contributed by atoms with E-state index in [9.17, 15) is 8.42 Å². The molecule has 8 heteroatoms. The smallest absolute Gasteiger partial charge is 0.240 e. The molecule has 2 aliphatic rings. The monoisotopic (exact) mass is 335 g/mol. The fourth-order valence-electron chi connectivity index (χ4n) is 2.96. The number of sulfonamides is 1. The van der Waals surface area contributed by atoms with Gasteiger partial charge in [0.05, 0.1) is 4.90 Å². The summed E-state index contributed by atoms with van der Waals surface area (Å²) in [6.45, 7) is 1.33. The third-order valence-electron chi connectivity index (χ3n) is 4.25. The van der Waals surface area contributed by atoms with Gasteiger partial charge in [0, 0.05) is 38.0 Å². The molecule has 0 saturated carbocycles. The highest BCUT2D eigenvalue weighted by molar-refractivity contribution is 7.89. The Bertz CT molecular complexity index is 831. The number of hydrogen-bond donors (Lipinski definition) is 1. The number of fused-ring (bicyclic) bond motifs is 2. The van der Waals surface area contributed by atoms with Crippen LogP contribution in [0, 0.1) is 5.92 Å². The largest absolute Gasteiger partial charge is 0.454 e. The van der Waals surface area contributed by atoms with Crippen LogP contribution >= 0.6 is 0 Å². The number of nitrogens with one attached hydrogen (secondary N) is 1. The van der Waals surface area contributed by atoms with E-state index in [-0.39, 0.29) is 17.6 Å². The van der Waals surface area contributed by atoms with E-state index >= 15 is 0 Å². The molecule has 1 aromatic heterocycles. The Morgan fingerprint density at radius 3 is 3.09 bits per heavy atom. The van der Waals surface area contributed by atoms with Crippen molar-refractivity contribution < 1.29 is 17.9 Å². The van der Waals surface area contributed by atoms with Crippen molar-refractivity contribution in [3.63, 3.8) is 0 Å². The zero-order chi connectivity index (χ0) is 15.9. The molecule has 1 N–H and O–H groups in total. The summed E-state index contributed by atoms with van der Waals surface area (Å²) in [6.07, 6.45) is 5.53. The topological polar surface area (TPSA) is 82.5 Å². The van der Waals surface area contributed by atoms with Gasteiger partial charge in [0.1, 0.15) is 5.82 Å². The van der Waals surface area contributed by atoms with Crippen LogP contribution < -0.4 is 14.2 Å². The molecule has 7 nitrogen and oxygen atoms in total. The molecule has 122 valence electrons. The van der Waals surface area contributed by atoms with Crippen LogP contribution in [0.1, 0.15) is 12.2 Å². The molecule has 2 aromatic rings. The Morgan fingerprint density at radius 1 is 1.30 bits per heavy atom. The zero-order valence-corrected chi connectivity index (χ0v) is 13.3. The van der Waals surface area contributed by atoms with Crippen LogP contribution in [-0.2, 0) is 23.0 Å². The van der Waals surface area contributed by atoms with Gasteiger partial charge in [-0.1, -0.05) is 0 Å². The van der Waals surface area contributed by atoms with Crippen LogP contribution in [0.5, 0.6) is 11.5 Å². The number of benzene rings is 1. The number of rotatable bonds is 4. The first-order valence-corrected chi connectivity index (χ1v) is 8.99. The maximum atomic E-state index is 12.4. The molecule has 0 amide bonds. The first kappa shape index (κ1) is 14.5. The number of imidazole rings is 1. The second kappa shape index (κ2) is 5.54. The lowest BCUT2D eigenvalue weighted by Gasteiger charge is -2.23. The van der Waals surface area contributed by atoms with Crippen molar-refractivity contribution in [2.45, 2.75) is 24.3 Å². The molecule has 0 fully saturated rings. The van der Waals surface area contributed by atoms with Crippen LogP contribution in [0.4, 0.5) is 0 Å².